The molecule has 1 fully saturated rings. The zero-order chi connectivity index (χ0) is 20.8. The molecule has 0 aromatic heterocycles. The second kappa shape index (κ2) is 14.3. The number of hydrogen-bond donors (Lipinski definition) is 6. The molecule has 28 heavy (non-hydrogen) atoms. The van der Waals surface area contributed by atoms with Gasteiger partial charge in [0.1, 0.15) is 24.4 Å². The summed E-state index contributed by atoms with van der Waals surface area (Å²) in [6.45, 7) is -0.495. The molecule has 6 N–H and O–H groups in total. The molecule has 0 spiro atoms. The largest absolute Gasteiger partial charge is 0.396 e. The van der Waals surface area contributed by atoms with E-state index in [0.717, 1.165) is 0 Å². The average molecular weight is 396 g/mol. The molecule has 0 radical (unpaired) electrons. The third-order valence-electron chi connectivity index (χ3n) is 3.94. The summed E-state index contributed by atoms with van der Waals surface area (Å²) < 4.78 is 10.5. The first-order valence-electron chi connectivity index (χ1n) is 9.03. The molecular formula is C20H28O8. The van der Waals surface area contributed by atoms with Crippen LogP contribution >= 0.6 is 0 Å². The lowest BCUT2D eigenvalue weighted by atomic mass is 9.99. The zero-order valence-electron chi connectivity index (χ0n) is 15.5. The van der Waals surface area contributed by atoms with Crippen molar-refractivity contribution >= 4 is 0 Å². The molecule has 1 aliphatic rings. The molecule has 6 atom stereocenters. The minimum atomic E-state index is -1.47. The van der Waals surface area contributed by atoms with Gasteiger partial charge < -0.3 is 40.1 Å². The number of allylic oxidation sites excluding steroid dienone is 3. The van der Waals surface area contributed by atoms with Gasteiger partial charge in [-0.05, 0) is 43.3 Å². The van der Waals surface area contributed by atoms with Gasteiger partial charge in [-0.3, -0.25) is 0 Å². The van der Waals surface area contributed by atoms with Crippen LogP contribution in [-0.4, -0.2) is 87.3 Å². The van der Waals surface area contributed by atoms with E-state index in [1.165, 1.54) is 6.08 Å². The fraction of sp³-hybridized carbons (Fsp3) is 0.600. The Kier molecular flexibility index (Phi) is 12.4. The Morgan fingerprint density at radius 1 is 0.929 bits per heavy atom. The molecular weight excluding hydrogens is 368 g/mol. The molecule has 0 aliphatic carbocycles. The van der Waals surface area contributed by atoms with Crippen molar-refractivity contribution in [1.29, 1.82) is 0 Å². The Bertz CT molecular complexity index is 607. The van der Waals surface area contributed by atoms with Crippen molar-refractivity contribution in [2.45, 2.75) is 56.1 Å². The summed E-state index contributed by atoms with van der Waals surface area (Å²) in [6.07, 6.45) is 1.14. The zero-order valence-corrected chi connectivity index (χ0v) is 15.5. The van der Waals surface area contributed by atoms with E-state index in [2.05, 4.69) is 23.7 Å². The molecule has 0 aromatic carbocycles. The highest BCUT2D eigenvalue weighted by Crippen LogP contribution is 2.21. The Morgan fingerprint density at radius 3 is 2.25 bits per heavy atom. The molecule has 0 bridgehead atoms. The summed E-state index contributed by atoms with van der Waals surface area (Å²) in [7, 11) is 0. The van der Waals surface area contributed by atoms with E-state index < -0.39 is 43.4 Å². The molecule has 0 aromatic rings. The lowest BCUT2D eigenvalue weighted by Gasteiger charge is -2.39. The standard InChI is InChI=1S/C20H28O8/c21-12-11-15(23)10-8-6-4-2-1-3-5-7-9-13-27-20-19(26)18(25)17(24)16(14-22)28-20/h4,6-7,9,15-26H,8,10-14H2/b6-4+,9-7-/t15-,16-,17-,18+,19-,20-/m1/s1. The maximum atomic E-state index is 9.80. The molecule has 8 nitrogen and oxygen atoms in total. The van der Waals surface area contributed by atoms with Crippen LogP contribution < -0.4 is 0 Å². The minimum absolute atomic E-state index is 0.0264. The third kappa shape index (κ3) is 8.98. The van der Waals surface area contributed by atoms with Crippen LogP contribution in [0, 0.1) is 23.7 Å². The van der Waals surface area contributed by atoms with Crippen molar-refractivity contribution in [3.8, 4) is 23.7 Å². The highest BCUT2D eigenvalue weighted by Gasteiger charge is 2.43. The van der Waals surface area contributed by atoms with Crippen LogP contribution in [0.25, 0.3) is 0 Å². The molecule has 0 amide bonds. The summed E-state index contributed by atoms with van der Waals surface area (Å²) in [6, 6.07) is 0. The second-order valence-electron chi connectivity index (χ2n) is 6.12. The number of aliphatic hydroxyl groups is 6. The number of rotatable bonds is 9. The lowest BCUT2D eigenvalue weighted by Crippen LogP contribution is -2.59. The van der Waals surface area contributed by atoms with E-state index >= 15 is 0 Å². The fourth-order valence-corrected chi connectivity index (χ4v) is 2.34. The van der Waals surface area contributed by atoms with Crippen molar-refractivity contribution in [2.24, 2.45) is 0 Å². The lowest BCUT2D eigenvalue weighted by molar-refractivity contribution is -0.298. The number of ether oxygens (including phenoxy) is 2. The number of aliphatic hydroxyl groups excluding tert-OH is 6. The van der Waals surface area contributed by atoms with Crippen LogP contribution in [0.2, 0.25) is 0 Å². The summed E-state index contributed by atoms with van der Waals surface area (Å²) >= 11 is 0. The summed E-state index contributed by atoms with van der Waals surface area (Å²) in [5, 5.41) is 56.3. The summed E-state index contributed by atoms with van der Waals surface area (Å²) in [4.78, 5) is 0. The van der Waals surface area contributed by atoms with E-state index in [0.29, 0.717) is 19.3 Å². The molecule has 156 valence electrons. The van der Waals surface area contributed by atoms with Crippen molar-refractivity contribution in [2.75, 3.05) is 19.8 Å². The van der Waals surface area contributed by atoms with Gasteiger partial charge >= 0.3 is 0 Å². The minimum Gasteiger partial charge on any atom is -0.396 e. The van der Waals surface area contributed by atoms with Gasteiger partial charge in [-0.15, -0.1) is 0 Å². The van der Waals surface area contributed by atoms with Gasteiger partial charge in [0.15, 0.2) is 6.29 Å². The number of hydrogen-bond acceptors (Lipinski definition) is 8. The first-order valence-corrected chi connectivity index (χ1v) is 9.03. The molecule has 0 unspecified atom stereocenters. The van der Waals surface area contributed by atoms with E-state index in [-0.39, 0.29) is 13.2 Å². The Hall–Kier alpha value is -1.72. The van der Waals surface area contributed by atoms with Crippen LogP contribution in [0.1, 0.15) is 19.3 Å². The van der Waals surface area contributed by atoms with Gasteiger partial charge in [0.2, 0.25) is 0 Å². The van der Waals surface area contributed by atoms with Gasteiger partial charge in [0.05, 0.1) is 19.3 Å². The van der Waals surface area contributed by atoms with E-state index in [9.17, 15) is 20.4 Å². The monoisotopic (exact) mass is 396 g/mol. The maximum absolute atomic E-state index is 9.80. The third-order valence-corrected chi connectivity index (χ3v) is 3.94. The summed E-state index contributed by atoms with van der Waals surface area (Å²) in [5.41, 5.74) is 0. The fourth-order valence-electron chi connectivity index (χ4n) is 2.34. The first kappa shape index (κ1) is 24.3. The van der Waals surface area contributed by atoms with Gasteiger partial charge in [0.25, 0.3) is 0 Å². The van der Waals surface area contributed by atoms with Crippen LogP contribution in [0.3, 0.4) is 0 Å². The normalized spacial score (nSPS) is 28.6. The molecule has 8 heteroatoms. The Morgan fingerprint density at radius 2 is 1.61 bits per heavy atom. The van der Waals surface area contributed by atoms with Crippen LogP contribution in [0.4, 0.5) is 0 Å². The maximum Gasteiger partial charge on any atom is 0.187 e. The highest BCUT2D eigenvalue weighted by atomic mass is 16.7. The first-order chi connectivity index (χ1) is 13.5. The predicted molar refractivity (Wildman–Crippen MR) is 100 cm³/mol. The van der Waals surface area contributed by atoms with Crippen LogP contribution in [0.5, 0.6) is 0 Å². The van der Waals surface area contributed by atoms with Crippen LogP contribution in [0.15, 0.2) is 24.3 Å². The van der Waals surface area contributed by atoms with Gasteiger partial charge in [0, 0.05) is 6.61 Å². The van der Waals surface area contributed by atoms with Crippen molar-refractivity contribution in [1.82, 2.24) is 0 Å². The summed E-state index contributed by atoms with van der Waals surface area (Å²) in [5.74, 6) is 10.6. The van der Waals surface area contributed by atoms with E-state index in [4.69, 9.17) is 19.7 Å². The van der Waals surface area contributed by atoms with E-state index in [1.54, 1.807) is 12.2 Å². The Labute approximate surface area is 164 Å². The van der Waals surface area contributed by atoms with Crippen molar-refractivity contribution in [3.63, 3.8) is 0 Å². The Balaban J connectivity index is 2.27. The highest BCUT2D eigenvalue weighted by molar-refractivity contribution is 5.33. The van der Waals surface area contributed by atoms with Crippen molar-refractivity contribution in [3.05, 3.63) is 24.3 Å². The molecule has 1 rings (SSSR count). The average Bonchev–Trinajstić information content (AvgIpc) is 2.68. The molecule has 1 saturated heterocycles. The smallest absolute Gasteiger partial charge is 0.187 e. The van der Waals surface area contributed by atoms with Crippen LogP contribution in [-0.2, 0) is 9.47 Å². The second-order valence-corrected chi connectivity index (χ2v) is 6.12. The van der Waals surface area contributed by atoms with Gasteiger partial charge in [-0.25, -0.2) is 0 Å². The molecule has 0 saturated carbocycles. The SMILES string of the molecule is OCC[C@H](O)CC/C=C/C#CC#C/C=C\CO[C@@H]1O[C@H](CO)[C@@H](O)[C@H](O)[C@H]1O. The molecule has 1 aliphatic heterocycles. The van der Waals surface area contributed by atoms with E-state index in [1.807, 2.05) is 6.08 Å². The van der Waals surface area contributed by atoms with Crippen molar-refractivity contribution < 1.29 is 40.1 Å². The quantitative estimate of drug-likeness (QED) is 0.257. The van der Waals surface area contributed by atoms with Gasteiger partial charge in [-0.1, -0.05) is 24.0 Å². The predicted octanol–water partition coefficient (Wildman–Crippen LogP) is -1.55. The van der Waals surface area contributed by atoms with Gasteiger partial charge in [-0.2, -0.15) is 0 Å². The molecule has 1 heterocycles. The topological polar surface area (TPSA) is 140 Å².